The van der Waals surface area contributed by atoms with Crippen molar-refractivity contribution in [3.05, 3.63) is 34.9 Å². The van der Waals surface area contributed by atoms with Crippen LogP contribution in [0.25, 0.3) is 0 Å². The van der Waals surface area contributed by atoms with E-state index < -0.39 is 0 Å². The molecule has 0 aliphatic heterocycles. The van der Waals surface area contributed by atoms with E-state index in [0.29, 0.717) is 5.92 Å². The van der Waals surface area contributed by atoms with E-state index in [4.69, 9.17) is 0 Å². The summed E-state index contributed by atoms with van der Waals surface area (Å²) in [5.74, 6) is 0.649. The van der Waals surface area contributed by atoms with Gasteiger partial charge in [-0.2, -0.15) is 0 Å². The Labute approximate surface area is 88.4 Å². The van der Waals surface area contributed by atoms with Gasteiger partial charge in [-0.05, 0) is 35.4 Å². The van der Waals surface area contributed by atoms with Crippen molar-refractivity contribution in [2.75, 3.05) is 0 Å². The van der Waals surface area contributed by atoms with E-state index >= 15 is 0 Å². The lowest BCUT2D eigenvalue weighted by molar-refractivity contribution is 0.849. The Balaban J connectivity index is 2.98. The highest BCUT2D eigenvalue weighted by molar-refractivity contribution is 5.33. The molecule has 1 aromatic carbocycles. The van der Waals surface area contributed by atoms with Crippen molar-refractivity contribution in [2.45, 2.75) is 52.9 Å². The van der Waals surface area contributed by atoms with E-state index in [-0.39, 0.29) is 0 Å². The van der Waals surface area contributed by atoms with Gasteiger partial charge in [0, 0.05) is 0 Å². The van der Waals surface area contributed by atoms with Crippen molar-refractivity contribution in [1.82, 2.24) is 0 Å². The lowest BCUT2D eigenvalue weighted by Gasteiger charge is -2.11. The summed E-state index contributed by atoms with van der Waals surface area (Å²) in [5, 5.41) is 0. The van der Waals surface area contributed by atoms with Crippen LogP contribution in [0.5, 0.6) is 0 Å². The third-order valence-corrected chi connectivity index (χ3v) is 2.80. The zero-order chi connectivity index (χ0) is 10.6. The predicted octanol–water partition coefficient (Wildman–Crippen LogP) is 4.32. The summed E-state index contributed by atoms with van der Waals surface area (Å²) in [6, 6.07) is 6.99. The molecule has 0 amide bonds. The SMILES string of the molecule is CCCc1ccc(C(C)C)cc1CC. The molecule has 0 saturated heterocycles. The molecule has 78 valence electrons. The van der Waals surface area contributed by atoms with Gasteiger partial charge in [0.25, 0.3) is 0 Å². The molecule has 0 N–H and O–H groups in total. The van der Waals surface area contributed by atoms with Gasteiger partial charge in [-0.3, -0.25) is 0 Å². The molecule has 0 nitrogen and oxygen atoms in total. The largest absolute Gasteiger partial charge is 0.0651 e. The Morgan fingerprint density at radius 1 is 1.07 bits per heavy atom. The Kier molecular flexibility index (Phi) is 4.19. The van der Waals surface area contributed by atoms with Crippen LogP contribution < -0.4 is 0 Å². The molecule has 0 radical (unpaired) electrons. The molecule has 0 heterocycles. The molecule has 0 atom stereocenters. The number of rotatable bonds is 4. The van der Waals surface area contributed by atoms with Gasteiger partial charge in [0.05, 0.1) is 0 Å². The zero-order valence-corrected chi connectivity index (χ0v) is 9.93. The number of hydrogen-bond donors (Lipinski definition) is 0. The maximum absolute atomic E-state index is 2.38. The minimum Gasteiger partial charge on any atom is -0.0651 e. The fourth-order valence-electron chi connectivity index (χ4n) is 1.85. The van der Waals surface area contributed by atoms with Crippen LogP contribution in [0.2, 0.25) is 0 Å². The van der Waals surface area contributed by atoms with Crippen molar-refractivity contribution >= 4 is 0 Å². The second-order valence-corrected chi connectivity index (χ2v) is 4.29. The quantitative estimate of drug-likeness (QED) is 0.663. The minimum atomic E-state index is 0.649. The van der Waals surface area contributed by atoms with Crippen LogP contribution in [0.1, 0.15) is 56.7 Å². The lowest BCUT2D eigenvalue weighted by atomic mass is 9.94. The maximum atomic E-state index is 2.38. The van der Waals surface area contributed by atoms with Crippen molar-refractivity contribution in [3.63, 3.8) is 0 Å². The van der Waals surface area contributed by atoms with Crippen LogP contribution in [0, 0.1) is 0 Å². The minimum absolute atomic E-state index is 0.649. The molecule has 0 unspecified atom stereocenters. The van der Waals surface area contributed by atoms with E-state index in [1.54, 1.807) is 5.56 Å². The summed E-state index contributed by atoms with van der Waals surface area (Å²) >= 11 is 0. The number of hydrogen-bond acceptors (Lipinski definition) is 0. The van der Waals surface area contributed by atoms with Crippen LogP contribution in [0.15, 0.2) is 18.2 Å². The third-order valence-electron chi connectivity index (χ3n) is 2.80. The molecule has 0 saturated carbocycles. The maximum Gasteiger partial charge on any atom is -0.0219 e. The average Bonchev–Trinajstić information content (AvgIpc) is 2.18. The van der Waals surface area contributed by atoms with Crippen LogP contribution in [-0.4, -0.2) is 0 Å². The van der Waals surface area contributed by atoms with Crippen LogP contribution in [0.3, 0.4) is 0 Å². The highest BCUT2D eigenvalue weighted by Crippen LogP contribution is 2.20. The summed E-state index contributed by atoms with van der Waals surface area (Å²) in [6.07, 6.45) is 3.63. The smallest absolute Gasteiger partial charge is 0.0219 e. The Bertz CT molecular complexity index is 284. The van der Waals surface area contributed by atoms with Crippen LogP contribution >= 0.6 is 0 Å². The average molecular weight is 190 g/mol. The zero-order valence-electron chi connectivity index (χ0n) is 9.93. The van der Waals surface area contributed by atoms with Crippen molar-refractivity contribution < 1.29 is 0 Å². The molecule has 1 rings (SSSR count). The number of benzene rings is 1. The lowest BCUT2D eigenvalue weighted by Crippen LogP contribution is -1.96. The molecular formula is C14H22. The Morgan fingerprint density at radius 3 is 2.29 bits per heavy atom. The topological polar surface area (TPSA) is 0 Å². The Morgan fingerprint density at radius 2 is 1.79 bits per heavy atom. The summed E-state index contributed by atoms with van der Waals surface area (Å²) in [7, 11) is 0. The fraction of sp³-hybridized carbons (Fsp3) is 0.571. The van der Waals surface area contributed by atoms with Crippen molar-refractivity contribution in [3.8, 4) is 0 Å². The summed E-state index contributed by atoms with van der Waals surface area (Å²) < 4.78 is 0. The standard InChI is InChI=1S/C14H22/c1-5-7-13-8-9-14(11(3)4)10-12(13)6-2/h8-11H,5-7H2,1-4H3. The third kappa shape index (κ3) is 2.60. The molecule has 1 aromatic rings. The summed E-state index contributed by atoms with van der Waals surface area (Å²) in [6.45, 7) is 9.01. The second kappa shape index (κ2) is 5.19. The first kappa shape index (κ1) is 11.3. The number of aryl methyl sites for hydroxylation is 2. The van der Waals surface area contributed by atoms with Crippen LogP contribution in [-0.2, 0) is 12.8 Å². The molecule has 0 aromatic heterocycles. The van der Waals surface area contributed by atoms with Gasteiger partial charge < -0.3 is 0 Å². The monoisotopic (exact) mass is 190 g/mol. The molecular weight excluding hydrogens is 168 g/mol. The molecule has 0 aliphatic carbocycles. The highest BCUT2D eigenvalue weighted by atomic mass is 14.1. The van der Waals surface area contributed by atoms with Gasteiger partial charge in [-0.25, -0.2) is 0 Å². The van der Waals surface area contributed by atoms with E-state index in [0.717, 1.165) is 6.42 Å². The normalized spacial score (nSPS) is 10.9. The first-order chi connectivity index (χ1) is 6.69. The van der Waals surface area contributed by atoms with Crippen LogP contribution in [0.4, 0.5) is 0 Å². The second-order valence-electron chi connectivity index (χ2n) is 4.29. The van der Waals surface area contributed by atoms with Gasteiger partial charge in [0.15, 0.2) is 0 Å². The van der Waals surface area contributed by atoms with Gasteiger partial charge in [0.2, 0.25) is 0 Å². The molecule has 14 heavy (non-hydrogen) atoms. The fourth-order valence-corrected chi connectivity index (χ4v) is 1.85. The summed E-state index contributed by atoms with van der Waals surface area (Å²) in [5.41, 5.74) is 4.55. The predicted molar refractivity (Wildman–Crippen MR) is 63.9 cm³/mol. The highest BCUT2D eigenvalue weighted by Gasteiger charge is 2.04. The molecule has 0 aliphatic rings. The molecule has 0 bridgehead atoms. The van der Waals surface area contributed by atoms with Gasteiger partial charge in [0.1, 0.15) is 0 Å². The summed E-state index contributed by atoms with van der Waals surface area (Å²) in [4.78, 5) is 0. The van der Waals surface area contributed by atoms with E-state index in [1.165, 1.54) is 24.0 Å². The van der Waals surface area contributed by atoms with Crippen molar-refractivity contribution in [1.29, 1.82) is 0 Å². The van der Waals surface area contributed by atoms with E-state index in [1.807, 2.05) is 0 Å². The molecule has 0 fully saturated rings. The molecule has 0 spiro atoms. The molecule has 0 heteroatoms. The van der Waals surface area contributed by atoms with Gasteiger partial charge in [-0.1, -0.05) is 52.3 Å². The van der Waals surface area contributed by atoms with Gasteiger partial charge >= 0.3 is 0 Å². The first-order valence-electron chi connectivity index (χ1n) is 5.80. The van der Waals surface area contributed by atoms with Crippen molar-refractivity contribution in [2.24, 2.45) is 0 Å². The first-order valence-corrected chi connectivity index (χ1v) is 5.80. The van der Waals surface area contributed by atoms with E-state index in [9.17, 15) is 0 Å². The van der Waals surface area contributed by atoms with Gasteiger partial charge in [-0.15, -0.1) is 0 Å². The Hall–Kier alpha value is -0.780. The van der Waals surface area contributed by atoms with E-state index in [2.05, 4.69) is 45.9 Å².